The second-order valence-corrected chi connectivity index (χ2v) is 6.21. The number of carbonyl (C=O) groups is 1. The zero-order chi connectivity index (χ0) is 18.1. The zero-order valence-corrected chi connectivity index (χ0v) is 15.4. The van der Waals surface area contributed by atoms with Gasteiger partial charge in [0.2, 0.25) is 5.91 Å². The third-order valence-electron chi connectivity index (χ3n) is 3.94. The molecule has 0 aliphatic carbocycles. The van der Waals surface area contributed by atoms with Gasteiger partial charge in [-0.15, -0.1) is 0 Å². The Balaban J connectivity index is 1.70. The van der Waals surface area contributed by atoms with Gasteiger partial charge in [-0.1, -0.05) is 29.8 Å². The van der Waals surface area contributed by atoms with Gasteiger partial charge in [0.05, 0.1) is 14.2 Å². The predicted molar refractivity (Wildman–Crippen MR) is 101 cm³/mol. The van der Waals surface area contributed by atoms with E-state index in [1.807, 2.05) is 42.5 Å². The highest BCUT2D eigenvalue weighted by Gasteiger charge is 2.06. The first-order chi connectivity index (χ1) is 12.1. The summed E-state index contributed by atoms with van der Waals surface area (Å²) in [6.07, 6.45) is 2.92. The summed E-state index contributed by atoms with van der Waals surface area (Å²) in [5, 5.41) is 3.69. The van der Waals surface area contributed by atoms with Crippen LogP contribution in [0.2, 0.25) is 5.02 Å². The van der Waals surface area contributed by atoms with Crippen molar-refractivity contribution < 1.29 is 14.3 Å². The first-order valence-corrected chi connectivity index (χ1v) is 8.72. The maximum Gasteiger partial charge on any atom is 0.220 e. The van der Waals surface area contributed by atoms with Crippen LogP contribution in [0.5, 0.6) is 11.5 Å². The molecule has 1 N–H and O–H groups in total. The fraction of sp³-hybridized carbons (Fsp3) is 0.350. The number of amides is 1. The Labute approximate surface area is 154 Å². The molecule has 2 aromatic carbocycles. The number of rotatable bonds is 9. The molecule has 1 amide bonds. The van der Waals surface area contributed by atoms with E-state index in [1.165, 1.54) is 0 Å². The molecule has 0 saturated heterocycles. The Kier molecular flexibility index (Phi) is 7.61. The van der Waals surface area contributed by atoms with Crippen LogP contribution in [0.3, 0.4) is 0 Å². The lowest BCUT2D eigenvalue weighted by molar-refractivity contribution is -0.121. The number of aryl methyl sites for hydroxylation is 1. The molecule has 0 aromatic heterocycles. The van der Waals surface area contributed by atoms with Crippen LogP contribution in [0.1, 0.15) is 24.0 Å². The van der Waals surface area contributed by atoms with Gasteiger partial charge in [0.25, 0.3) is 0 Å². The molecular weight excluding hydrogens is 338 g/mol. The van der Waals surface area contributed by atoms with Gasteiger partial charge in [-0.2, -0.15) is 0 Å². The average Bonchev–Trinajstić information content (AvgIpc) is 2.61. The van der Waals surface area contributed by atoms with Crippen molar-refractivity contribution in [2.24, 2.45) is 0 Å². The minimum Gasteiger partial charge on any atom is -0.493 e. The van der Waals surface area contributed by atoms with Crippen LogP contribution in [0.25, 0.3) is 0 Å². The second kappa shape index (κ2) is 9.94. The van der Waals surface area contributed by atoms with Crippen molar-refractivity contribution in [3.05, 3.63) is 58.6 Å². The summed E-state index contributed by atoms with van der Waals surface area (Å²) in [4.78, 5) is 11.9. The van der Waals surface area contributed by atoms with E-state index < -0.39 is 0 Å². The molecule has 0 bridgehead atoms. The Morgan fingerprint density at radius 3 is 2.48 bits per heavy atom. The smallest absolute Gasteiger partial charge is 0.220 e. The molecule has 0 aliphatic heterocycles. The van der Waals surface area contributed by atoms with Crippen LogP contribution >= 0.6 is 11.6 Å². The molecule has 25 heavy (non-hydrogen) atoms. The minimum atomic E-state index is 0.0718. The number of halogens is 1. The van der Waals surface area contributed by atoms with Gasteiger partial charge in [-0.05, 0) is 54.7 Å². The molecule has 0 unspecified atom stereocenters. The van der Waals surface area contributed by atoms with Gasteiger partial charge in [0, 0.05) is 18.0 Å². The number of benzene rings is 2. The van der Waals surface area contributed by atoms with Crippen molar-refractivity contribution in [2.75, 3.05) is 20.8 Å². The van der Waals surface area contributed by atoms with Crippen molar-refractivity contribution in [2.45, 2.75) is 25.7 Å². The molecule has 0 atom stereocenters. The van der Waals surface area contributed by atoms with Gasteiger partial charge in [-0.25, -0.2) is 0 Å². The van der Waals surface area contributed by atoms with E-state index in [-0.39, 0.29) is 5.91 Å². The van der Waals surface area contributed by atoms with E-state index in [2.05, 4.69) is 5.32 Å². The quantitative estimate of drug-likeness (QED) is 0.733. The Hall–Kier alpha value is -2.20. The van der Waals surface area contributed by atoms with Crippen LogP contribution < -0.4 is 14.8 Å². The summed E-state index contributed by atoms with van der Waals surface area (Å²) < 4.78 is 10.5. The van der Waals surface area contributed by atoms with Crippen molar-refractivity contribution in [1.29, 1.82) is 0 Å². The lowest BCUT2D eigenvalue weighted by Gasteiger charge is -2.10. The topological polar surface area (TPSA) is 47.6 Å². The maximum atomic E-state index is 11.9. The molecule has 4 nitrogen and oxygen atoms in total. The summed E-state index contributed by atoms with van der Waals surface area (Å²) in [7, 11) is 3.23. The van der Waals surface area contributed by atoms with E-state index in [0.29, 0.717) is 24.5 Å². The molecular formula is C20H24ClNO3. The SMILES string of the molecule is COc1ccc(CCNC(=O)CCCc2cccc(Cl)c2)cc1OC. The molecule has 0 radical (unpaired) electrons. The van der Waals surface area contributed by atoms with Crippen molar-refractivity contribution in [3.63, 3.8) is 0 Å². The molecule has 0 fully saturated rings. The third kappa shape index (κ3) is 6.31. The van der Waals surface area contributed by atoms with E-state index in [1.54, 1.807) is 14.2 Å². The number of methoxy groups -OCH3 is 2. The number of carbonyl (C=O) groups excluding carboxylic acids is 1. The number of hydrogen-bond donors (Lipinski definition) is 1. The van der Waals surface area contributed by atoms with E-state index in [4.69, 9.17) is 21.1 Å². The molecule has 0 saturated carbocycles. The molecule has 0 heterocycles. The highest BCUT2D eigenvalue weighted by molar-refractivity contribution is 6.30. The monoisotopic (exact) mass is 361 g/mol. The Morgan fingerprint density at radius 2 is 1.76 bits per heavy atom. The number of nitrogens with one attached hydrogen (secondary N) is 1. The molecule has 5 heteroatoms. The first kappa shape index (κ1) is 19.1. The molecule has 134 valence electrons. The Bertz CT molecular complexity index is 703. The van der Waals surface area contributed by atoms with E-state index in [0.717, 1.165) is 35.4 Å². The van der Waals surface area contributed by atoms with Crippen molar-refractivity contribution in [3.8, 4) is 11.5 Å². The fourth-order valence-electron chi connectivity index (χ4n) is 2.62. The van der Waals surface area contributed by atoms with Crippen molar-refractivity contribution in [1.82, 2.24) is 5.32 Å². The average molecular weight is 362 g/mol. The molecule has 2 aromatic rings. The lowest BCUT2D eigenvalue weighted by atomic mass is 10.1. The first-order valence-electron chi connectivity index (χ1n) is 8.34. The van der Waals surface area contributed by atoms with Gasteiger partial charge < -0.3 is 14.8 Å². The van der Waals surface area contributed by atoms with Crippen LogP contribution in [0.4, 0.5) is 0 Å². The predicted octanol–water partition coefficient (Wildman–Crippen LogP) is 4.04. The van der Waals surface area contributed by atoms with Gasteiger partial charge in [0.1, 0.15) is 0 Å². The van der Waals surface area contributed by atoms with E-state index in [9.17, 15) is 4.79 Å². The van der Waals surface area contributed by atoms with Crippen LogP contribution in [-0.4, -0.2) is 26.7 Å². The summed E-state index contributed by atoms with van der Waals surface area (Å²) in [5.41, 5.74) is 2.25. The highest BCUT2D eigenvalue weighted by Crippen LogP contribution is 2.27. The normalized spacial score (nSPS) is 10.4. The van der Waals surface area contributed by atoms with Crippen LogP contribution in [0.15, 0.2) is 42.5 Å². The van der Waals surface area contributed by atoms with Gasteiger partial charge >= 0.3 is 0 Å². The molecule has 2 rings (SSSR count). The maximum absolute atomic E-state index is 11.9. The summed E-state index contributed by atoms with van der Waals surface area (Å²) in [6.45, 7) is 0.603. The Morgan fingerprint density at radius 1 is 1.00 bits per heavy atom. The lowest BCUT2D eigenvalue weighted by Crippen LogP contribution is -2.25. The van der Waals surface area contributed by atoms with Gasteiger partial charge in [-0.3, -0.25) is 4.79 Å². The standard InChI is InChI=1S/C20H24ClNO3/c1-24-18-10-9-16(14-19(18)25-2)11-12-22-20(23)8-4-6-15-5-3-7-17(21)13-15/h3,5,7,9-10,13-14H,4,6,8,11-12H2,1-2H3,(H,22,23). The van der Waals surface area contributed by atoms with Crippen LogP contribution in [-0.2, 0) is 17.6 Å². The third-order valence-corrected chi connectivity index (χ3v) is 4.18. The summed E-state index contributed by atoms with van der Waals surface area (Å²) in [5.74, 6) is 1.48. The minimum absolute atomic E-state index is 0.0718. The summed E-state index contributed by atoms with van der Waals surface area (Å²) >= 11 is 5.96. The number of ether oxygens (including phenoxy) is 2. The molecule has 0 aliphatic rings. The largest absolute Gasteiger partial charge is 0.493 e. The van der Waals surface area contributed by atoms with Gasteiger partial charge in [0.15, 0.2) is 11.5 Å². The highest BCUT2D eigenvalue weighted by atomic mass is 35.5. The fourth-order valence-corrected chi connectivity index (χ4v) is 2.83. The summed E-state index contributed by atoms with van der Waals surface area (Å²) in [6, 6.07) is 13.5. The second-order valence-electron chi connectivity index (χ2n) is 5.77. The van der Waals surface area contributed by atoms with E-state index >= 15 is 0 Å². The van der Waals surface area contributed by atoms with Crippen LogP contribution in [0, 0.1) is 0 Å². The zero-order valence-electron chi connectivity index (χ0n) is 14.7. The van der Waals surface area contributed by atoms with Crippen molar-refractivity contribution >= 4 is 17.5 Å². The number of hydrogen-bond acceptors (Lipinski definition) is 3. The molecule has 0 spiro atoms.